The Morgan fingerprint density at radius 1 is 1.25 bits per heavy atom. The van der Waals surface area contributed by atoms with Crippen molar-refractivity contribution in [3.8, 4) is 0 Å². The molecule has 1 saturated carbocycles. The number of piperidine rings is 1. The Bertz CT molecular complexity index is 519. The molecule has 0 unspecified atom stereocenters. The van der Waals surface area contributed by atoms with Crippen LogP contribution in [0.2, 0.25) is 0 Å². The van der Waals surface area contributed by atoms with Crippen molar-refractivity contribution < 1.29 is 0 Å². The molecule has 2 aliphatic rings. The number of aromatic nitrogens is 1. The van der Waals surface area contributed by atoms with Crippen molar-refractivity contribution >= 4 is 29.9 Å². The van der Waals surface area contributed by atoms with Crippen LogP contribution in [0.1, 0.15) is 36.9 Å². The first-order valence-electron chi connectivity index (χ1n) is 8.87. The van der Waals surface area contributed by atoms with Gasteiger partial charge in [-0.3, -0.25) is 9.98 Å². The second kappa shape index (κ2) is 9.56. The highest BCUT2D eigenvalue weighted by Gasteiger charge is 2.31. The summed E-state index contributed by atoms with van der Waals surface area (Å²) in [4.78, 5) is 11.3. The Kier molecular flexibility index (Phi) is 7.74. The van der Waals surface area contributed by atoms with Crippen LogP contribution in [0, 0.1) is 6.92 Å². The maximum atomic E-state index is 4.36. The first-order valence-corrected chi connectivity index (χ1v) is 8.87. The van der Waals surface area contributed by atoms with Crippen molar-refractivity contribution in [2.45, 2.75) is 51.1 Å². The van der Waals surface area contributed by atoms with Crippen LogP contribution in [-0.4, -0.2) is 54.6 Å². The molecule has 1 aliphatic heterocycles. The normalized spacial score (nSPS) is 19.7. The van der Waals surface area contributed by atoms with E-state index in [2.05, 4.69) is 37.6 Å². The molecule has 1 aromatic heterocycles. The maximum absolute atomic E-state index is 4.36. The topological polar surface area (TPSA) is 52.6 Å². The van der Waals surface area contributed by atoms with E-state index in [0.717, 1.165) is 30.7 Å². The van der Waals surface area contributed by atoms with Crippen LogP contribution in [0.25, 0.3) is 0 Å². The van der Waals surface area contributed by atoms with Crippen molar-refractivity contribution in [2.24, 2.45) is 4.99 Å². The van der Waals surface area contributed by atoms with Crippen molar-refractivity contribution in [1.29, 1.82) is 0 Å². The minimum atomic E-state index is 0. The molecular formula is C18H30IN5. The molecule has 0 bridgehead atoms. The quantitative estimate of drug-likeness (QED) is 0.417. The first-order chi connectivity index (χ1) is 11.2. The summed E-state index contributed by atoms with van der Waals surface area (Å²) in [6.45, 7) is 5.36. The Morgan fingerprint density at radius 3 is 2.58 bits per heavy atom. The molecule has 2 N–H and O–H groups in total. The number of hydrogen-bond acceptors (Lipinski definition) is 3. The van der Waals surface area contributed by atoms with Crippen molar-refractivity contribution in [2.75, 3.05) is 26.7 Å². The number of nitrogens with zero attached hydrogens (tertiary/aromatic N) is 3. The van der Waals surface area contributed by atoms with Gasteiger partial charge in [-0.25, -0.2) is 0 Å². The van der Waals surface area contributed by atoms with E-state index < -0.39 is 0 Å². The van der Waals surface area contributed by atoms with Crippen LogP contribution < -0.4 is 10.6 Å². The van der Waals surface area contributed by atoms with Gasteiger partial charge < -0.3 is 15.5 Å². The summed E-state index contributed by atoms with van der Waals surface area (Å²) in [7, 11) is 1.85. The number of pyridine rings is 1. The third kappa shape index (κ3) is 5.88. The molecular weight excluding hydrogens is 413 g/mol. The van der Waals surface area contributed by atoms with Crippen LogP contribution in [-0.2, 0) is 6.42 Å². The molecule has 1 aliphatic carbocycles. The molecule has 1 saturated heterocycles. The zero-order chi connectivity index (χ0) is 16.1. The number of nitrogens with one attached hydrogen (secondary N) is 2. The molecule has 134 valence electrons. The second-order valence-corrected chi connectivity index (χ2v) is 6.74. The molecule has 6 heteroatoms. The smallest absolute Gasteiger partial charge is 0.191 e. The monoisotopic (exact) mass is 443 g/mol. The van der Waals surface area contributed by atoms with Crippen LogP contribution in [0.5, 0.6) is 0 Å². The summed E-state index contributed by atoms with van der Waals surface area (Å²) in [6, 6.07) is 5.66. The summed E-state index contributed by atoms with van der Waals surface area (Å²) in [5.41, 5.74) is 2.33. The van der Waals surface area contributed by atoms with Gasteiger partial charge in [0, 0.05) is 50.7 Å². The zero-order valence-electron chi connectivity index (χ0n) is 14.8. The largest absolute Gasteiger partial charge is 0.356 e. The molecule has 1 aromatic rings. The molecule has 3 rings (SSSR count). The molecule has 2 fully saturated rings. The zero-order valence-corrected chi connectivity index (χ0v) is 17.1. The summed E-state index contributed by atoms with van der Waals surface area (Å²) < 4.78 is 0. The third-order valence-corrected chi connectivity index (χ3v) is 4.84. The van der Waals surface area contributed by atoms with Crippen LogP contribution >= 0.6 is 24.0 Å². The Balaban J connectivity index is 0.00000208. The molecule has 2 heterocycles. The number of guanidine groups is 1. The van der Waals surface area contributed by atoms with Gasteiger partial charge in [-0.2, -0.15) is 0 Å². The van der Waals surface area contributed by atoms with Gasteiger partial charge in [0.25, 0.3) is 0 Å². The van der Waals surface area contributed by atoms with Gasteiger partial charge in [0.05, 0.1) is 0 Å². The third-order valence-electron chi connectivity index (χ3n) is 4.84. The number of likely N-dealkylation sites (tertiary alicyclic amines) is 1. The minimum absolute atomic E-state index is 0. The summed E-state index contributed by atoms with van der Waals surface area (Å²) in [6.07, 6.45) is 8.19. The second-order valence-electron chi connectivity index (χ2n) is 6.74. The van der Waals surface area contributed by atoms with E-state index in [1.165, 1.54) is 44.3 Å². The maximum Gasteiger partial charge on any atom is 0.191 e. The molecule has 0 amide bonds. The highest BCUT2D eigenvalue weighted by Crippen LogP contribution is 2.29. The Labute approximate surface area is 162 Å². The van der Waals surface area contributed by atoms with E-state index in [1.807, 2.05) is 20.2 Å². The first kappa shape index (κ1) is 19.4. The molecule has 0 atom stereocenters. The van der Waals surface area contributed by atoms with Gasteiger partial charge in [-0.1, -0.05) is 6.07 Å². The molecule has 0 radical (unpaired) electrons. The number of hydrogen-bond donors (Lipinski definition) is 2. The van der Waals surface area contributed by atoms with Crippen LogP contribution in [0.3, 0.4) is 0 Å². The Morgan fingerprint density at radius 2 is 2.00 bits per heavy atom. The number of rotatable bonds is 5. The van der Waals surface area contributed by atoms with Crippen molar-refractivity contribution in [3.63, 3.8) is 0 Å². The molecule has 5 nitrogen and oxygen atoms in total. The molecule has 0 spiro atoms. The SMILES string of the molecule is CN=C(NCCc1ccc(C)nc1)NC1CCN(C2CC2)CC1.I. The minimum Gasteiger partial charge on any atom is -0.356 e. The Hall–Kier alpha value is -0.890. The fourth-order valence-electron chi connectivity index (χ4n) is 3.21. The lowest BCUT2D eigenvalue weighted by Gasteiger charge is -2.33. The van der Waals surface area contributed by atoms with Crippen LogP contribution in [0.15, 0.2) is 23.3 Å². The van der Waals surface area contributed by atoms with Gasteiger partial charge in [-0.15, -0.1) is 24.0 Å². The molecule has 0 aromatic carbocycles. The van der Waals surface area contributed by atoms with Crippen molar-refractivity contribution in [3.05, 3.63) is 29.6 Å². The standard InChI is InChI=1S/C18H29N5.HI/c1-14-3-4-15(13-21-14)7-10-20-18(19-2)22-16-8-11-23(12-9-16)17-5-6-17;/h3-4,13,16-17H,5-12H2,1-2H3,(H2,19,20,22);1H. The lowest BCUT2D eigenvalue weighted by Crippen LogP contribution is -2.49. The average Bonchev–Trinajstić information content (AvgIpc) is 3.41. The van der Waals surface area contributed by atoms with Gasteiger partial charge in [0.1, 0.15) is 0 Å². The average molecular weight is 443 g/mol. The number of halogens is 1. The number of aliphatic imine (C=N–C) groups is 1. The highest BCUT2D eigenvalue weighted by molar-refractivity contribution is 14.0. The molecule has 24 heavy (non-hydrogen) atoms. The summed E-state index contributed by atoms with van der Waals surface area (Å²) in [5, 5.41) is 7.00. The summed E-state index contributed by atoms with van der Waals surface area (Å²) in [5.74, 6) is 0.926. The lowest BCUT2D eigenvalue weighted by atomic mass is 10.1. The van der Waals surface area contributed by atoms with E-state index in [-0.39, 0.29) is 24.0 Å². The fourth-order valence-corrected chi connectivity index (χ4v) is 3.21. The van der Waals surface area contributed by atoms with Gasteiger partial charge in [0.2, 0.25) is 0 Å². The van der Waals surface area contributed by atoms with E-state index in [1.54, 1.807) is 0 Å². The van der Waals surface area contributed by atoms with Gasteiger partial charge >= 0.3 is 0 Å². The van der Waals surface area contributed by atoms with Crippen LogP contribution in [0.4, 0.5) is 0 Å². The highest BCUT2D eigenvalue weighted by atomic mass is 127. The van der Waals surface area contributed by atoms with Crippen molar-refractivity contribution in [1.82, 2.24) is 20.5 Å². The van der Waals surface area contributed by atoms with E-state index in [9.17, 15) is 0 Å². The fraction of sp³-hybridized carbons (Fsp3) is 0.667. The van der Waals surface area contributed by atoms with Gasteiger partial charge in [-0.05, 0) is 50.7 Å². The predicted molar refractivity (Wildman–Crippen MR) is 110 cm³/mol. The summed E-state index contributed by atoms with van der Waals surface area (Å²) >= 11 is 0. The predicted octanol–water partition coefficient (Wildman–Crippen LogP) is 2.34. The number of aryl methyl sites for hydroxylation is 1. The lowest BCUT2D eigenvalue weighted by molar-refractivity contribution is 0.197. The van der Waals surface area contributed by atoms with E-state index in [4.69, 9.17) is 0 Å². The van der Waals surface area contributed by atoms with E-state index >= 15 is 0 Å². The van der Waals surface area contributed by atoms with E-state index in [0.29, 0.717) is 6.04 Å². The van der Waals surface area contributed by atoms with Gasteiger partial charge in [0.15, 0.2) is 5.96 Å².